The maximum Gasteiger partial charge on any atom is 0.306 e. The Morgan fingerprint density at radius 1 is 0.615 bits per heavy atom. The molecule has 0 aliphatic heterocycles. The lowest BCUT2D eigenvalue weighted by atomic mass is 10.1. The van der Waals surface area contributed by atoms with Gasteiger partial charge in [0.2, 0.25) is 0 Å². The lowest BCUT2D eigenvalue weighted by Gasteiger charge is -2.28. The largest absolute Gasteiger partial charge is 0.756 e. The third-order valence-corrected chi connectivity index (χ3v) is 9.64. The summed E-state index contributed by atoms with van der Waals surface area (Å²) in [5, 5.41) is 0. The highest BCUT2D eigenvalue weighted by Gasteiger charge is 2.21. The van der Waals surface area contributed by atoms with Crippen LogP contribution in [0.1, 0.15) is 168 Å². The van der Waals surface area contributed by atoms with Gasteiger partial charge >= 0.3 is 11.9 Å². The van der Waals surface area contributed by atoms with E-state index in [1.165, 1.54) is 103 Å². The molecule has 0 aromatic heterocycles. The number of phosphoric ester groups is 1. The molecule has 9 nitrogen and oxygen atoms in total. The first-order chi connectivity index (χ1) is 25.0. The maximum atomic E-state index is 12.6. The average molecular weight is 754 g/mol. The fraction of sp³-hybridized carbons (Fsp3) is 0.810. The molecule has 1 aliphatic carbocycles. The normalized spacial score (nSPS) is 13.7. The number of unbranched alkanes of at least 4 members (excludes halogenated alkanes) is 20. The van der Waals surface area contributed by atoms with Crippen molar-refractivity contribution in [2.45, 2.75) is 174 Å². The quantitative estimate of drug-likeness (QED) is 0.0210. The Morgan fingerprint density at radius 3 is 1.40 bits per heavy atom. The van der Waals surface area contributed by atoms with Gasteiger partial charge in [-0.1, -0.05) is 166 Å². The van der Waals surface area contributed by atoms with E-state index in [0.717, 1.165) is 32.1 Å². The van der Waals surface area contributed by atoms with Crippen LogP contribution >= 0.6 is 7.82 Å². The van der Waals surface area contributed by atoms with Crippen molar-refractivity contribution in [3.05, 3.63) is 35.8 Å². The number of ether oxygens (including phenoxy) is 2. The summed E-state index contributed by atoms with van der Waals surface area (Å²) in [6.07, 6.45) is 33.0. The topological polar surface area (TPSA) is 111 Å². The molecule has 0 fully saturated rings. The monoisotopic (exact) mass is 754 g/mol. The van der Waals surface area contributed by atoms with Crippen LogP contribution in [0, 0.1) is 0 Å². The molecule has 0 heterocycles. The molecule has 2 atom stereocenters. The zero-order chi connectivity index (χ0) is 38.6. The molecule has 52 heavy (non-hydrogen) atoms. The fourth-order valence-corrected chi connectivity index (χ4v) is 6.16. The molecule has 0 amide bonds. The maximum absolute atomic E-state index is 12.6. The van der Waals surface area contributed by atoms with Crippen LogP contribution in [-0.4, -0.2) is 70.0 Å². The predicted molar refractivity (Wildman–Crippen MR) is 211 cm³/mol. The lowest BCUT2D eigenvalue weighted by Crippen LogP contribution is -2.37. The number of phosphoric acid groups is 1. The molecular formula is C42H76NO8P. The Bertz CT molecular complexity index is 1040. The second-order valence-electron chi connectivity index (χ2n) is 15.0. The second-order valence-corrected chi connectivity index (χ2v) is 16.4. The van der Waals surface area contributed by atoms with Gasteiger partial charge in [0.05, 0.1) is 27.7 Å². The van der Waals surface area contributed by atoms with E-state index in [1.807, 2.05) is 45.4 Å². The van der Waals surface area contributed by atoms with Gasteiger partial charge < -0.3 is 27.9 Å². The third kappa shape index (κ3) is 37.8. The minimum Gasteiger partial charge on any atom is -0.756 e. The number of nitrogens with zero attached hydrogens (tertiary/aromatic N) is 1. The van der Waals surface area contributed by atoms with Gasteiger partial charge in [0.25, 0.3) is 7.82 Å². The smallest absolute Gasteiger partial charge is 0.306 e. The summed E-state index contributed by atoms with van der Waals surface area (Å²) >= 11 is 0. The Balaban J connectivity index is 0.00000389. The molecule has 0 bridgehead atoms. The van der Waals surface area contributed by atoms with Gasteiger partial charge in [0.15, 0.2) is 6.10 Å². The van der Waals surface area contributed by atoms with E-state index < -0.39 is 26.5 Å². The van der Waals surface area contributed by atoms with Crippen molar-refractivity contribution in [1.29, 1.82) is 0 Å². The number of hydrogen-bond acceptors (Lipinski definition) is 8. The highest BCUT2D eigenvalue weighted by Crippen LogP contribution is 2.38. The Hall–Kier alpha value is -1.95. The summed E-state index contributed by atoms with van der Waals surface area (Å²) in [5.74, 6) is -0.829. The summed E-state index contributed by atoms with van der Waals surface area (Å²) in [4.78, 5) is 37.2. The van der Waals surface area contributed by atoms with Gasteiger partial charge in [-0.25, -0.2) is 0 Å². The van der Waals surface area contributed by atoms with Gasteiger partial charge in [0, 0.05) is 12.8 Å². The summed E-state index contributed by atoms with van der Waals surface area (Å²) < 4.78 is 33.7. The van der Waals surface area contributed by atoms with Crippen molar-refractivity contribution in [2.24, 2.45) is 0 Å². The van der Waals surface area contributed by atoms with Crippen molar-refractivity contribution in [3.63, 3.8) is 0 Å². The number of likely N-dealkylation sites (N-methyl/N-ethyl adjacent to an activating group) is 1. The van der Waals surface area contributed by atoms with Gasteiger partial charge in [-0.3, -0.25) is 14.2 Å². The number of carbonyl (C=O) groups is 2. The van der Waals surface area contributed by atoms with E-state index in [0.29, 0.717) is 17.4 Å². The predicted octanol–water partition coefficient (Wildman–Crippen LogP) is 10.5. The molecule has 0 saturated carbocycles. The van der Waals surface area contributed by atoms with E-state index in [-0.39, 0.29) is 32.0 Å². The molecular weight excluding hydrogens is 677 g/mol. The van der Waals surface area contributed by atoms with Crippen LogP contribution in [0.25, 0.3) is 0 Å². The van der Waals surface area contributed by atoms with E-state index in [4.69, 9.17) is 18.5 Å². The van der Waals surface area contributed by atoms with E-state index >= 15 is 0 Å². The molecule has 0 spiro atoms. The summed E-state index contributed by atoms with van der Waals surface area (Å²) in [5.41, 5.74) is 5.53. The molecule has 0 radical (unpaired) electrons. The van der Waals surface area contributed by atoms with E-state index in [2.05, 4.69) is 25.3 Å². The van der Waals surface area contributed by atoms with Gasteiger partial charge in [-0.15, -0.1) is 0 Å². The van der Waals surface area contributed by atoms with Crippen molar-refractivity contribution < 1.29 is 42.1 Å². The Morgan fingerprint density at radius 2 is 1.02 bits per heavy atom. The minimum atomic E-state index is -4.60. The van der Waals surface area contributed by atoms with Crippen molar-refractivity contribution >= 4 is 19.8 Å². The number of hydrogen-bond donors (Lipinski definition) is 0. The first kappa shape index (κ1) is 50.1. The zero-order valence-electron chi connectivity index (χ0n) is 33.8. The summed E-state index contributed by atoms with van der Waals surface area (Å²) in [6.45, 7) is 4.21. The number of rotatable bonds is 34. The molecule has 0 N–H and O–H groups in total. The number of allylic oxidation sites excluding steroid dienone is 4. The van der Waals surface area contributed by atoms with Crippen molar-refractivity contribution in [2.75, 3.05) is 47.5 Å². The van der Waals surface area contributed by atoms with Crippen LogP contribution in [0.5, 0.6) is 0 Å². The van der Waals surface area contributed by atoms with Crippen LogP contribution in [0.4, 0.5) is 0 Å². The average Bonchev–Trinajstić information content (AvgIpc) is 3.11. The summed E-state index contributed by atoms with van der Waals surface area (Å²) in [6, 6.07) is 0. The molecule has 0 aromatic rings. The highest BCUT2D eigenvalue weighted by molar-refractivity contribution is 7.45. The first-order valence-electron chi connectivity index (χ1n) is 20.6. The molecule has 0 saturated heterocycles. The SMILES string of the molecule is C1=C=CC=CC=1.CCCCCCCCCCCCCC(=O)OC[C@H](COP(=O)([O-])OCC[N+](C)(C)C)OC(=O)CCCCCCCCCCCCC. The first-order valence-corrected chi connectivity index (χ1v) is 22.0. The molecule has 1 aliphatic rings. The Labute approximate surface area is 318 Å². The van der Waals surface area contributed by atoms with Gasteiger partial charge in [-0.2, -0.15) is 0 Å². The molecule has 1 unspecified atom stereocenters. The number of esters is 2. The van der Waals surface area contributed by atoms with Crippen molar-refractivity contribution in [3.8, 4) is 0 Å². The van der Waals surface area contributed by atoms with E-state index in [1.54, 1.807) is 0 Å². The van der Waals surface area contributed by atoms with Gasteiger partial charge in [0.1, 0.15) is 19.8 Å². The van der Waals surface area contributed by atoms with Crippen LogP contribution in [-0.2, 0) is 32.7 Å². The van der Waals surface area contributed by atoms with Crippen LogP contribution < -0.4 is 4.89 Å². The van der Waals surface area contributed by atoms with Crippen molar-refractivity contribution in [1.82, 2.24) is 0 Å². The minimum absolute atomic E-state index is 0.0263. The highest BCUT2D eigenvalue weighted by atomic mass is 31.2. The molecule has 1 rings (SSSR count). The fourth-order valence-electron chi connectivity index (χ4n) is 5.43. The van der Waals surface area contributed by atoms with Crippen LogP contribution in [0.2, 0.25) is 0 Å². The van der Waals surface area contributed by atoms with Gasteiger partial charge in [-0.05, 0) is 25.0 Å². The lowest BCUT2D eigenvalue weighted by molar-refractivity contribution is -0.870. The Kier molecular flexibility index (Phi) is 33.5. The van der Waals surface area contributed by atoms with E-state index in [9.17, 15) is 19.0 Å². The molecule has 302 valence electrons. The second kappa shape index (κ2) is 34.8. The zero-order valence-corrected chi connectivity index (χ0v) is 34.7. The number of quaternary nitrogens is 1. The summed E-state index contributed by atoms with van der Waals surface area (Å²) in [7, 11) is 1.18. The standard InChI is InChI=1S/C36H72NO8P.C6H4/c1-6-8-10-12-14-16-18-20-22-24-26-28-35(38)42-32-34(33-44-46(40,41)43-31-30-37(3,4)5)45-36(39)29-27-25-23-21-19-17-15-13-11-9-7-2;1-2-4-6-5-3-1/h34H,6-33H2,1-5H3;1-4H/t34-;/m1./s1. The van der Waals surface area contributed by atoms with Crippen LogP contribution in [0.3, 0.4) is 0 Å². The van der Waals surface area contributed by atoms with Crippen LogP contribution in [0.15, 0.2) is 35.8 Å². The number of carbonyl (C=O) groups excluding carboxylic acids is 2. The molecule has 0 aromatic carbocycles. The molecule has 10 heteroatoms. The third-order valence-electron chi connectivity index (χ3n) is 8.68.